The second-order valence-corrected chi connectivity index (χ2v) is 6.97. The first-order chi connectivity index (χ1) is 9.92. The summed E-state index contributed by atoms with van der Waals surface area (Å²) < 4.78 is 7.82. The summed E-state index contributed by atoms with van der Waals surface area (Å²) in [7, 11) is 0. The molecule has 3 heterocycles. The lowest BCUT2D eigenvalue weighted by molar-refractivity contribution is 0.187. The first kappa shape index (κ1) is 12.6. The summed E-state index contributed by atoms with van der Waals surface area (Å²) in [6, 6.07) is 5.04. The van der Waals surface area contributed by atoms with Crippen LogP contribution in [0.25, 0.3) is 10.7 Å². The molecule has 0 aromatic carbocycles. The molecule has 1 aliphatic carbocycles. The normalized spacial score (nSPS) is 23.7. The summed E-state index contributed by atoms with van der Waals surface area (Å²) in [4.78, 5) is 7.45. The third kappa shape index (κ3) is 2.21. The first-order valence-electron chi connectivity index (χ1n) is 7.62. The Hall–Kier alpha value is -1.13. The molecule has 2 aliphatic rings. The van der Waals surface area contributed by atoms with Crippen molar-refractivity contribution in [1.82, 2.24) is 9.55 Å². The van der Waals surface area contributed by atoms with Gasteiger partial charge in [0, 0.05) is 23.9 Å². The number of ether oxygens (including phenoxy) is 1. The maximum absolute atomic E-state index is 5.51. The molecule has 20 heavy (non-hydrogen) atoms. The zero-order chi connectivity index (χ0) is 13.4. The van der Waals surface area contributed by atoms with Crippen LogP contribution in [-0.4, -0.2) is 22.8 Å². The van der Waals surface area contributed by atoms with Crippen molar-refractivity contribution in [2.45, 2.75) is 44.1 Å². The molecule has 1 saturated carbocycles. The molecule has 106 valence electrons. The molecule has 2 aromatic heterocycles. The molecule has 0 radical (unpaired) electrons. The summed E-state index contributed by atoms with van der Waals surface area (Å²) in [5, 5.41) is 0. The first-order valence-corrected chi connectivity index (χ1v) is 8.44. The molecular weight excluding hydrogens is 268 g/mol. The van der Waals surface area contributed by atoms with Gasteiger partial charge < -0.3 is 9.30 Å². The van der Waals surface area contributed by atoms with Crippen molar-refractivity contribution in [3.63, 3.8) is 0 Å². The molecule has 1 aliphatic heterocycles. The van der Waals surface area contributed by atoms with E-state index in [2.05, 4.69) is 27.9 Å². The van der Waals surface area contributed by atoms with Gasteiger partial charge in [0.1, 0.15) is 5.82 Å². The largest absolute Gasteiger partial charge is 0.379 e. The van der Waals surface area contributed by atoms with Gasteiger partial charge >= 0.3 is 0 Å². The van der Waals surface area contributed by atoms with E-state index >= 15 is 0 Å². The van der Waals surface area contributed by atoms with Gasteiger partial charge in [-0.15, -0.1) is 11.3 Å². The molecule has 0 amide bonds. The topological polar surface area (TPSA) is 27.1 Å². The molecule has 1 saturated heterocycles. The number of thiophene rings is 1. The Balaban J connectivity index is 1.62. The Kier molecular flexibility index (Phi) is 3.36. The van der Waals surface area contributed by atoms with Gasteiger partial charge in [-0.05, 0) is 37.3 Å². The molecule has 0 N–H and O–H groups in total. The zero-order valence-electron chi connectivity index (χ0n) is 11.6. The van der Waals surface area contributed by atoms with Crippen LogP contribution in [0.1, 0.15) is 48.9 Å². The van der Waals surface area contributed by atoms with Gasteiger partial charge in [-0.1, -0.05) is 12.8 Å². The van der Waals surface area contributed by atoms with Crippen LogP contribution >= 0.6 is 11.3 Å². The maximum atomic E-state index is 5.51. The van der Waals surface area contributed by atoms with E-state index in [4.69, 9.17) is 4.74 Å². The fourth-order valence-corrected chi connectivity index (χ4v) is 4.62. The fourth-order valence-electron chi connectivity index (χ4n) is 3.44. The van der Waals surface area contributed by atoms with Crippen molar-refractivity contribution in [3.05, 3.63) is 29.4 Å². The number of hydrogen-bond donors (Lipinski definition) is 0. The average Bonchev–Trinajstić information content (AvgIpc) is 3.23. The summed E-state index contributed by atoms with van der Waals surface area (Å²) in [5.41, 5.74) is 0. The van der Waals surface area contributed by atoms with Crippen molar-refractivity contribution >= 4 is 11.3 Å². The lowest BCUT2D eigenvalue weighted by Gasteiger charge is -2.12. The van der Waals surface area contributed by atoms with Crippen LogP contribution in [0.5, 0.6) is 0 Å². The van der Waals surface area contributed by atoms with Gasteiger partial charge in [0.05, 0.1) is 17.5 Å². The second kappa shape index (κ2) is 5.34. The van der Waals surface area contributed by atoms with E-state index in [1.165, 1.54) is 30.6 Å². The molecule has 4 heteroatoms. The van der Waals surface area contributed by atoms with Crippen LogP contribution in [0.2, 0.25) is 0 Å². The van der Waals surface area contributed by atoms with Crippen molar-refractivity contribution < 1.29 is 4.74 Å². The van der Waals surface area contributed by atoms with E-state index < -0.39 is 0 Å². The standard InChI is InChI=1S/C16H20N2OS/c1-2-4-12(3-1)14-5-6-15(20-14)16-17-8-9-18(16)13-7-10-19-11-13/h5-6,8-9,12-13H,1-4,7,10-11H2. The predicted octanol–water partition coefficient (Wildman–Crippen LogP) is 4.23. The molecule has 4 rings (SSSR count). The third-order valence-electron chi connectivity index (χ3n) is 4.57. The monoisotopic (exact) mass is 288 g/mol. The smallest absolute Gasteiger partial charge is 0.150 e. The highest BCUT2D eigenvalue weighted by molar-refractivity contribution is 7.15. The van der Waals surface area contributed by atoms with Gasteiger partial charge in [0.2, 0.25) is 0 Å². The molecule has 2 aromatic rings. The van der Waals surface area contributed by atoms with Crippen LogP contribution in [0.4, 0.5) is 0 Å². The Morgan fingerprint density at radius 2 is 2.10 bits per heavy atom. The van der Waals surface area contributed by atoms with Crippen molar-refractivity contribution in [1.29, 1.82) is 0 Å². The van der Waals surface area contributed by atoms with E-state index in [9.17, 15) is 0 Å². The van der Waals surface area contributed by atoms with Crippen molar-refractivity contribution in [3.8, 4) is 10.7 Å². The highest BCUT2D eigenvalue weighted by Crippen LogP contribution is 2.40. The third-order valence-corrected chi connectivity index (χ3v) is 5.82. The van der Waals surface area contributed by atoms with E-state index in [0.29, 0.717) is 6.04 Å². The molecule has 0 spiro atoms. The Morgan fingerprint density at radius 3 is 2.90 bits per heavy atom. The highest BCUT2D eigenvalue weighted by Gasteiger charge is 2.23. The Bertz CT molecular complexity index is 577. The van der Waals surface area contributed by atoms with Gasteiger partial charge in [-0.3, -0.25) is 0 Å². The molecular formula is C16H20N2OS. The van der Waals surface area contributed by atoms with Crippen LogP contribution in [-0.2, 0) is 4.74 Å². The minimum absolute atomic E-state index is 0.463. The zero-order valence-corrected chi connectivity index (χ0v) is 12.4. The highest BCUT2D eigenvalue weighted by atomic mass is 32.1. The van der Waals surface area contributed by atoms with Gasteiger partial charge in [-0.25, -0.2) is 4.98 Å². The minimum Gasteiger partial charge on any atom is -0.379 e. The summed E-state index contributed by atoms with van der Waals surface area (Å²) >= 11 is 1.94. The summed E-state index contributed by atoms with van der Waals surface area (Å²) in [6.07, 6.45) is 10.6. The molecule has 0 bridgehead atoms. The number of rotatable bonds is 3. The average molecular weight is 288 g/mol. The van der Waals surface area contributed by atoms with Crippen LogP contribution in [0, 0.1) is 0 Å². The van der Waals surface area contributed by atoms with Crippen LogP contribution in [0.3, 0.4) is 0 Å². The molecule has 1 unspecified atom stereocenters. The van der Waals surface area contributed by atoms with Gasteiger partial charge in [0.25, 0.3) is 0 Å². The summed E-state index contributed by atoms with van der Waals surface area (Å²) in [5.74, 6) is 1.92. The van der Waals surface area contributed by atoms with Gasteiger partial charge in [0.15, 0.2) is 0 Å². The van der Waals surface area contributed by atoms with Gasteiger partial charge in [-0.2, -0.15) is 0 Å². The molecule has 2 fully saturated rings. The maximum Gasteiger partial charge on any atom is 0.150 e. The predicted molar refractivity (Wildman–Crippen MR) is 81.2 cm³/mol. The minimum atomic E-state index is 0.463. The quantitative estimate of drug-likeness (QED) is 0.845. The number of aromatic nitrogens is 2. The number of imidazole rings is 1. The van der Waals surface area contributed by atoms with E-state index in [-0.39, 0.29) is 0 Å². The number of hydrogen-bond acceptors (Lipinski definition) is 3. The second-order valence-electron chi connectivity index (χ2n) is 5.86. The molecule has 3 nitrogen and oxygen atoms in total. The van der Waals surface area contributed by atoms with E-state index in [0.717, 1.165) is 31.4 Å². The Labute approximate surface area is 123 Å². The number of nitrogens with zero attached hydrogens (tertiary/aromatic N) is 2. The van der Waals surface area contributed by atoms with Crippen LogP contribution in [0.15, 0.2) is 24.5 Å². The van der Waals surface area contributed by atoms with E-state index in [1.54, 1.807) is 4.88 Å². The molecule has 1 atom stereocenters. The van der Waals surface area contributed by atoms with Crippen LogP contribution < -0.4 is 0 Å². The lowest BCUT2D eigenvalue weighted by atomic mass is 10.1. The summed E-state index contributed by atoms with van der Waals surface area (Å²) in [6.45, 7) is 1.70. The van der Waals surface area contributed by atoms with Crippen molar-refractivity contribution in [2.75, 3.05) is 13.2 Å². The fraction of sp³-hybridized carbons (Fsp3) is 0.562. The Morgan fingerprint density at radius 1 is 1.20 bits per heavy atom. The lowest BCUT2D eigenvalue weighted by Crippen LogP contribution is -2.08. The van der Waals surface area contributed by atoms with E-state index in [1.807, 2.05) is 17.5 Å². The van der Waals surface area contributed by atoms with Crippen molar-refractivity contribution in [2.24, 2.45) is 0 Å². The SMILES string of the molecule is c1cn(C2CCOC2)c(-c2ccc(C3CCCC3)s2)n1.